The number of aliphatic hydroxyl groups excluding tert-OH is 1. The van der Waals surface area contributed by atoms with Crippen LogP contribution in [0.4, 0.5) is 5.82 Å². The van der Waals surface area contributed by atoms with Crippen molar-refractivity contribution in [3.05, 3.63) is 53.1 Å². The number of para-hydroxylation sites is 1. The van der Waals surface area contributed by atoms with Crippen molar-refractivity contribution in [2.75, 3.05) is 12.3 Å². The highest BCUT2D eigenvalue weighted by atomic mass is 32.2. The van der Waals surface area contributed by atoms with E-state index in [1.165, 1.54) is 23.2 Å². The van der Waals surface area contributed by atoms with E-state index in [4.69, 9.17) is 25.0 Å². The molecule has 0 fully saturated rings. The van der Waals surface area contributed by atoms with Crippen LogP contribution >= 0.6 is 19.7 Å². The molecule has 5 N–H and O–H groups in total. The van der Waals surface area contributed by atoms with Crippen LogP contribution in [0.1, 0.15) is 13.8 Å². The number of hydrogen-bond donors (Lipinski definition) is 3. The predicted octanol–water partition coefficient (Wildman–Crippen LogP) is 1.60. The first-order valence-corrected chi connectivity index (χ1v) is 10.7. The summed E-state index contributed by atoms with van der Waals surface area (Å²) in [4.78, 5) is 15.4. The van der Waals surface area contributed by atoms with Gasteiger partial charge in [0.25, 0.3) is 0 Å². The molecule has 0 saturated heterocycles. The molecule has 4 atom stereocenters. The fourth-order valence-electron chi connectivity index (χ4n) is 2.04. The Balaban J connectivity index is 1.93. The van der Waals surface area contributed by atoms with Crippen LogP contribution in [0.2, 0.25) is 0 Å². The van der Waals surface area contributed by atoms with Crippen molar-refractivity contribution in [1.82, 2.24) is 8.96 Å². The van der Waals surface area contributed by atoms with E-state index in [9.17, 15) is 14.5 Å². The SMILES string of the molecule is CC(OC(COP(N)(=O)Oc1ccccc1)C(C)O)Sn1ccc(N)nc1=O. The minimum absolute atomic E-state index is 0.114. The molecule has 1 aromatic heterocycles. The van der Waals surface area contributed by atoms with Gasteiger partial charge in [-0.25, -0.2) is 18.8 Å². The summed E-state index contributed by atoms with van der Waals surface area (Å²) in [6.07, 6.45) is -0.359. The number of aromatic nitrogens is 2. The van der Waals surface area contributed by atoms with Crippen LogP contribution in [0.5, 0.6) is 5.75 Å². The number of hydrogen-bond acceptors (Lipinski definition) is 9. The van der Waals surface area contributed by atoms with E-state index < -0.39 is 31.1 Å². The molecule has 0 radical (unpaired) electrons. The maximum absolute atomic E-state index is 12.3. The molecule has 2 aromatic rings. The number of rotatable bonds is 10. The molecule has 0 amide bonds. The lowest BCUT2D eigenvalue weighted by atomic mass is 10.2. The van der Waals surface area contributed by atoms with Crippen LogP contribution in [0.25, 0.3) is 0 Å². The number of ether oxygens (including phenoxy) is 1. The van der Waals surface area contributed by atoms with Gasteiger partial charge in [-0.15, -0.1) is 0 Å². The van der Waals surface area contributed by atoms with Crippen LogP contribution in [0, 0.1) is 0 Å². The van der Waals surface area contributed by atoms with Crippen molar-refractivity contribution in [3.8, 4) is 5.75 Å². The summed E-state index contributed by atoms with van der Waals surface area (Å²) in [5, 5.41) is 9.92. The van der Waals surface area contributed by atoms with Gasteiger partial charge in [-0.2, -0.15) is 4.98 Å². The summed E-state index contributed by atoms with van der Waals surface area (Å²) >= 11 is 1.03. The van der Waals surface area contributed by atoms with E-state index in [0.717, 1.165) is 11.9 Å². The highest BCUT2D eigenvalue weighted by molar-refractivity contribution is 7.98. The monoisotopic (exact) mass is 430 g/mol. The molecule has 0 spiro atoms. The Morgan fingerprint density at radius 3 is 2.57 bits per heavy atom. The molecule has 4 unspecified atom stereocenters. The second kappa shape index (κ2) is 10.1. The smallest absolute Gasteiger partial charge is 0.413 e. The average Bonchev–Trinajstić information content (AvgIpc) is 2.61. The van der Waals surface area contributed by atoms with E-state index in [1.54, 1.807) is 37.3 Å². The first-order valence-electron chi connectivity index (χ1n) is 8.30. The van der Waals surface area contributed by atoms with Crippen LogP contribution in [-0.4, -0.2) is 38.3 Å². The van der Waals surface area contributed by atoms with Gasteiger partial charge >= 0.3 is 13.4 Å². The Bertz CT molecular complexity index is 866. The standard InChI is InChI=1S/C16H23N4O6PS/c1-11(21)14(10-24-27(18,23)26-13-6-4-3-5-7-13)25-12(2)28-20-9-8-15(17)19-16(20)22/h3-9,11-12,14,21H,10H2,1-2H3,(H2,18,23)(H2,17,19,22). The van der Waals surface area contributed by atoms with Gasteiger partial charge in [-0.05, 0) is 44.0 Å². The van der Waals surface area contributed by atoms with Gasteiger partial charge in [-0.1, -0.05) is 18.2 Å². The van der Waals surface area contributed by atoms with Crippen molar-refractivity contribution in [3.63, 3.8) is 0 Å². The maximum atomic E-state index is 12.3. The van der Waals surface area contributed by atoms with Crippen LogP contribution in [-0.2, 0) is 13.8 Å². The third-order valence-electron chi connectivity index (χ3n) is 3.36. The van der Waals surface area contributed by atoms with E-state index >= 15 is 0 Å². The van der Waals surface area contributed by atoms with Gasteiger partial charge < -0.3 is 20.1 Å². The molecule has 12 heteroatoms. The molecule has 154 valence electrons. The lowest BCUT2D eigenvalue weighted by Gasteiger charge is -2.25. The van der Waals surface area contributed by atoms with E-state index in [1.807, 2.05) is 0 Å². The van der Waals surface area contributed by atoms with Gasteiger partial charge in [0.15, 0.2) is 0 Å². The quantitative estimate of drug-likeness (QED) is 0.374. The first kappa shape index (κ1) is 22.4. The van der Waals surface area contributed by atoms with E-state index in [0.29, 0.717) is 5.75 Å². The Morgan fingerprint density at radius 1 is 1.29 bits per heavy atom. The zero-order valence-corrected chi connectivity index (χ0v) is 17.1. The Kier molecular flexibility index (Phi) is 8.05. The summed E-state index contributed by atoms with van der Waals surface area (Å²) in [5.74, 6) is 0.407. The number of nitrogen functional groups attached to an aromatic ring is 1. The summed E-state index contributed by atoms with van der Waals surface area (Å²) in [5.41, 5.74) is 9.92. The molecule has 28 heavy (non-hydrogen) atoms. The van der Waals surface area contributed by atoms with Crippen molar-refractivity contribution < 1.29 is 23.5 Å². The van der Waals surface area contributed by atoms with Crippen LogP contribution in [0.15, 0.2) is 47.4 Å². The highest BCUT2D eigenvalue weighted by Crippen LogP contribution is 2.40. The number of aliphatic hydroxyl groups is 1. The van der Waals surface area contributed by atoms with Gasteiger partial charge in [0, 0.05) is 6.20 Å². The summed E-state index contributed by atoms with van der Waals surface area (Å²) in [6, 6.07) is 9.81. The highest BCUT2D eigenvalue weighted by Gasteiger charge is 2.27. The molecular weight excluding hydrogens is 407 g/mol. The topological polar surface area (TPSA) is 152 Å². The fraction of sp³-hybridized carbons (Fsp3) is 0.375. The Hall–Kier alpha value is -1.88. The second-order valence-electron chi connectivity index (χ2n) is 5.79. The second-order valence-corrected chi connectivity index (χ2v) is 8.58. The number of benzene rings is 1. The fourth-order valence-corrected chi connectivity index (χ4v) is 3.64. The van der Waals surface area contributed by atoms with Crippen LogP contribution < -0.4 is 21.5 Å². The third-order valence-corrected chi connectivity index (χ3v) is 5.24. The van der Waals surface area contributed by atoms with Gasteiger partial charge in [0.05, 0.1) is 12.7 Å². The largest absolute Gasteiger partial charge is 0.456 e. The third kappa shape index (κ3) is 7.27. The summed E-state index contributed by atoms with van der Waals surface area (Å²) in [7, 11) is -3.91. The molecule has 1 heterocycles. The molecule has 0 aliphatic carbocycles. The molecule has 0 bridgehead atoms. The average molecular weight is 430 g/mol. The van der Waals surface area contributed by atoms with Gasteiger partial charge in [0.1, 0.15) is 23.1 Å². The maximum Gasteiger partial charge on any atom is 0.456 e. The predicted molar refractivity (Wildman–Crippen MR) is 107 cm³/mol. The number of anilines is 1. The van der Waals surface area contributed by atoms with Crippen LogP contribution in [0.3, 0.4) is 0 Å². The van der Waals surface area contributed by atoms with Gasteiger partial charge in [-0.3, -0.25) is 4.52 Å². The van der Waals surface area contributed by atoms with Gasteiger partial charge in [0.2, 0.25) is 0 Å². The van der Waals surface area contributed by atoms with Crippen molar-refractivity contribution >= 4 is 25.5 Å². The van der Waals surface area contributed by atoms with E-state index in [-0.39, 0.29) is 12.4 Å². The molecule has 0 saturated carbocycles. The molecule has 10 nitrogen and oxygen atoms in total. The summed E-state index contributed by atoms with van der Waals surface area (Å²) < 4.78 is 29.5. The summed E-state index contributed by atoms with van der Waals surface area (Å²) in [6.45, 7) is 2.88. The minimum atomic E-state index is -3.91. The molecule has 0 aliphatic heterocycles. The Morgan fingerprint density at radius 2 is 1.96 bits per heavy atom. The Labute approximate surface area is 166 Å². The first-order chi connectivity index (χ1) is 13.2. The molecule has 1 aromatic carbocycles. The zero-order chi connectivity index (χ0) is 20.7. The molecule has 0 aliphatic rings. The van der Waals surface area contributed by atoms with Crippen molar-refractivity contribution in [2.45, 2.75) is 31.5 Å². The number of nitrogens with zero attached hydrogens (tertiary/aromatic N) is 2. The normalized spacial score (nSPS) is 16.7. The minimum Gasteiger partial charge on any atom is -0.413 e. The number of nitrogens with two attached hydrogens (primary N) is 2. The molecular formula is C16H23N4O6PS. The van der Waals surface area contributed by atoms with Crippen molar-refractivity contribution in [2.24, 2.45) is 5.50 Å². The zero-order valence-electron chi connectivity index (χ0n) is 15.4. The lowest BCUT2D eigenvalue weighted by molar-refractivity contribution is -0.0578. The van der Waals surface area contributed by atoms with Crippen molar-refractivity contribution in [1.29, 1.82) is 0 Å². The lowest BCUT2D eigenvalue weighted by Crippen LogP contribution is -2.34. The van der Waals surface area contributed by atoms with E-state index in [2.05, 4.69) is 4.98 Å². The molecule has 2 rings (SSSR count).